The fourth-order valence-corrected chi connectivity index (χ4v) is 1.97. The Morgan fingerprint density at radius 2 is 1.67 bits per heavy atom. The topological polar surface area (TPSA) is 98.7 Å². The molecule has 18 heavy (non-hydrogen) atoms. The van der Waals surface area contributed by atoms with Crippen molar-refractivity contribution in [2.75, 3.05) is 31.2 Å². The first kappa shape index (κ1) is 12.4. The van der Waals surface area contributed by atoms with Gasteiger partial charge in [-0.1, -0.05) is 0 Å². The molecule has 96 valence electrons. The SMILES string of the molecule is NC(=O)c1ccc(N2CCOCC2)cc1C(N)=O. The summed E-state index contributed by atoms with van der Waals surface area (Å²) in [5.41, 5.74) is 11.6. The van der Waals surface area contributed by atoms with Gasteiger partial charge >= 0.3 is 0 Å². The number of hydrogen-bond acceptors (Lipinski definition) is 4. The Hall–Kier alpha value is -2.08. The van der Waals surface area contributed by atoms with E-state index in [0.717, 1.165) is 18.8 Å². The zero-order valence-corrected chi connectivity index (χ0v) is 9.89. The first-order valence-corrected chi connectivity index (χ1v) is 5.66. The molecule has 2 amide bonds. The molecule has 0 aliphatic carbocycles. The minimum absolute atomic E-state index is 0.152. The summed E-state index contributed by atoms with van der Waals surface area (Å²) in [7, 11) is 0. The van der Waals surface area contributed by atoms with Crippen molar-refractivity contribution in [3.8, 4) is 0 Å². The Morgan fingerprint density at radius 3 is 2.22 bits per heavy atom. The van der Waals surface area contributed by atoms with Crippen molar-refractivity contribution < 1.29 is 14.3 Å². The molecule has 1 aromatic rings. The molecule has 4 N–H and O–H groups in total. The number of nitrogens with two attached hydrogens (primary N) is 2. The molecule has 0 unspecified atom stereocenters. The molecule has 1 fully saturated rings. The molecule has 6 nitrogen and oxygen atoms in total. The molecule has 2 rings (SSSR count). The van der Waals surface area contributed by atoms with Gasteiger partial charge in [0.1, 0.15) is 0 Å². The summed E-state index contributed by atoms with van der Waals surface area (Å²) >= 11 is 0. The predicted octanol–water partition coefficient (Wildman–Crippen LogP) is -0.279. The maximum atomic E-state index is 11.3. The van der Waals surface area contributed by atoms with Gasteiger partial charge in [0, 0.05) is 18.8 Å². The molecule has 0 saturated carbocycles. The molecule has 1 aliphatic rings. The van der Waals surface area contributed by atoms with Crippen LogP contribution in [-0.2, 0) is 4.74 Å². The second-order valence-electron chi connectivity index (χ2n) is 4.06. The van der Waals surface area contributed by atoms with E-state index in [4.69, 9.17) is 16.2 Å². The molecule has 1 aromatic carbocycles. The van der Waals surface area contributed by atoms with Crippen molar-refractivity contribution in [1.82, 2.24) is 0 Å². The van der Waals surface area contributed by atoms with Crippen LogP contribution < -0.4 is 16.4 Å². The van der Waals surface area contributed by atoms with E-state index in [1.54, 1.807) is 12.1 Å². The average molecular weight is 249 g/mol. The van der Waals surface area contributed by atoms with Gasteiger partial charge in [-0.2, -0.15) is 0 Å². The van der Waals surface area contributed by atoms with Crippen molar-refractivity contribution in [2.45, 2.75) is 0 Å². The molecule has 6 heteroatoms. The van der Waals surface area contributed by atoms with Crippen LogP contribution in [0, 0.1) is 0 Å². The molecule has 1 aliphatic heterocycles. The normalized spacial score (nSPS) is 15.4. The third-order valence-corrected chi connectivity index (χ3v) is 2.91. The van der Waals surface area contributed by atoms with Crippen molar-refractivity contribution in [3.63, 3.8) is 0 Å². The van der Waals surface area contributed by atoms with E-state index in [0.29, 0.717) is 13.2 Å². The fourth-order valence-electron chi connectivity index (χ4n) is 1.97. The maximum Gasteiger partial charge on any atom is 0.249 e. The average Bonchev–Trinajstić information content (AvgIpc) is 2.39. The highest BCUT2D eigenvalue weighted by atomic mass is 16.5. The van der Waals surface area contributed by atoms with Crippen LogP contribution in [0.3, 0.4) is 0 Å². The monoisotopic (exact) mass is 249 g/mol. The van der Waals surface area contributed by atoms with Crippen LogP contribution >= 0.6 is 0 Å². The van der Waals surface area contributed by atoms with Crippen molar-refractivity contribution in [2.24, 2.45) is 11.5 Å². The van der Waals surface area contributed by atoms with Crippen LogP contribution in [0.2, 0.25) is 0 Å². The fraction of sp³-hybridized carbons (Fsp3) is 0.333. The summed E-state index contributed by atoms with van der Waals surface area (Å²) in [6, 6.07) is 4.90. The number of nitrogens with zero attached hydrogens (tertiary/aromatic N) is 1. The van der Waals surface area contributed by atoms with Gasteiger partial charge in [-0.3, -0.25) is 9.59 Å². The standard InChI is InChI=1S/C12H15N3O3/c13-11(16)9-2-1-8(7-10(9)12(14)17)15-3-5-18-6-4-15/h1-2,7H,3-6H2,(H2,13,16)(H2,14,17). The summed E-state index contributed by atoms with van der Waals surface area (Å²) in [5, 5.41) is 0. The molecular formula is C12H15N3O3. The van der Waals surface area contributed by atoms with Gasteiger partial charge in [-0.05, 0) is 18.2 Å². The van der Waals surface area contributed by atoms with Crippen LogP contribution in [0.25, 0.3) is 0 Å². The van der Waals surface area contributed by atoms with E-state index in [9.17, 15) is 9.59 Å². The first-order valence-electron chi connectivity index (χ1n) is 5.66. The summed E-state index contributed by atoms with van der Waals surface area (Å²) in [5.74, 6) is -1.31. The van der Waals surface area contributed by atoms with Gasteiger partial charge in [-0.15, -0.1) is 0 Å². The van der Waals surface area contributed by atoms with E-state index < -0.39 is 11.8 Å². The van der Waals surface area contributed by atoms with Crippen LogP contribution in [-0.4, -0.2) is 38.1 Å². The van der Waals surface area contributed by atoms with Crippen LogP contribution in [0.4, 0.5) is 5.69 Å². The molecule has 0 spiro atoms. The Kier molecular flexibility index (Phi) is 3.47. The Labute approximate surface area is 104 Å². The first-order chi connectivity index (χ1) is 8.59. The van der Waals surface area contributed by atoms with Crippen LogP contribution in [0.5, 0.6) is 0 Å². The second-order valence-corrected chi connectivity index (χ2v) is 4.06. The summed E-state index contributed by atoms with van der Waals surface area (Å²) in [6.45, 7) is 2.77. The van der Waals surface area contributed by atoms with Crippen molar-refractivity contribution in [3.05, 3.63) is 29.3 Å². The highest BCUT2D eigenvalue weighted by Crippen LogP contribution is 2.20. The van der Waals surface area contributed by atoms with Gasteiger partial charge in [-0.25, -0.2) is 0 Å². The highest BCUT2D eigenvalue weighted by molar-refractivity contribution is 6.06. The molecule has 0 bridgehead atoms. The van der Waals surface area contributed by atoms with Gasteiger partial charge in [0.15, 0.2) is 0 Å². The lowest BCUT2D eigenvalue weighted by molar-refractivity contribution is 0.0967. The number of amides is 2. The molecule has 0 atom stereocenters. The summed E-state index contributed by atoms with van der Waals surface area (Å²) in [4.78, 5) is 24.6. The quantitative estimate of drug-likeness (QED) is 0.769. The van der Waals surface area contributed by atoms with Gasteiger partial charge in [0.05, 0.1) is 24.3 Å². The van der Waals surface area contributed by atoms with Gasteiger partial charge in [0.2, 0.25) is 11.8 Å². The number of primary amides is 2. The molecule has 0 radical (unpaired) electrons. The summed E-state index contributed by atoms with van der Waals surface area (Å²) in [6.07, 6.45) is 0. The van der Waals surface area contributed by atoms with Crippen LogP contribution in [0.15, 0.2) is 18.2 Å². The Morgan fingerprint density at radius 1 is 1.06 bits per heavy atom. The molecular weight excluding hydrogens is 234 g/mol. The molecule has 1 heterocycles. The highest BCUT2D eigenvalue weighted by Gasteiger charge is 2.17. The number of carbonyl (C=O) groups excluding carboxylic acids is 2. The lowest BCUT2D eigenvalue weighted by Gasteiger charge is -2.29. The third-order valence-electron chi connectivity index (χ3n) is 2.91. The number of benzene rings is 1. The minimum atomic E-state index is -0.655. The minimum Gasteiger partial charge on any atom is -0.378 e. The Balaban J connectivity index is 2.36. The van der Waals surface area contributed by atoms with Gasteiger partial charge < -0.3 is 21.1 Å². The zero-order chi connectivity index (χ0) is 13.1. The smallest absolute Gasteiger partial charge is 0.249 e. The molecule has 1 saturated heterocycles. The predicted molar refractivity (Wildman–Crippen MR) is 66.5 cm³/mol. The lowest BCUT2D eigenvalue weighted by Crippen LogP contribution is -2.36. The van der Waals surface area contributed by atoms with Crippen LogP contribution in [0.1, 0.15) is 20.7 Å². The largest absolute Gasteiger partial charge is 0.378 e. The lowest BCUT2D eigenvalue weighted by atomic mass is 10.0. The van der Waals surface area contributed by atoms with Gasteiger partial charge in [0.25, 0.3) is 0 Å². The van der Waals surface area contributed by atoms with E-state index in [2.05, 4.69) is 4.90 Å². The number of morpholine rings is 1. The number of hydrogen-bond donors (Lipinski definition) is 2. The maximum absolute atomic E-state index is 11.3. The number of carbonyl (C=O) groups is 2. The number of ether oxygens (including phenoxy) is 1. The van der Waals surface area contributed by atoms with E-state index in [1.165, 1.54) is 6.07 Å². The molecule has 0 aromatic heterocycles. The number of anilines is 1. The zero-order valence-electron chi connectivity index (χ0n) is 9.89. The van der Waals surface area contributed by atoms with Crippen molar-refractivity contribution in [1.29, 1.82) is 0 Å². The van der Waals surface area contributed by atoms with E-state index >= 15 is 0 Å². The van der Waals surface area contributed by atoms with E-state index in [-0.39, 0.29) is 11.1 Å². The summed E-state index contributed by atoms with van der Waals surface area (Å²) < 4.78 is 5.25. The van der Waals surface area contributed by atoms with E-state index in [1.807, 2.05) is 0 Å². The third kappa shape index (κ3) is 2.43. The number of rotatable bonds is 3. The van der Waals surface area contributed by atoms with Crippen molar-refractivity contribution >= 4 is 17.5 Å². The second kappa shape index (κ2) is 5.05. The Bertz CT molecular complexity index is 481.